The molecule has 0 radical (unpaired) electrons. The molecule has 1 aromatic heterocycles. The fourth-order valence-corrected chi connectivity index (χ4v) is 5.30. The van der Waals surface area contributed by atoms with Crippen molar-refractivity contribution in [2.75, 3.05) is 12.4 Å². The molecule has 0 atom stereocenters. The molecule has 0 bridgehead atoms. The molecule has 0 spiro atoms. The molecule has 1 aliphatic rings. The Morgan fingerprint density at radius 2 is 1.83 bits per heavy atom. The Hall–Kier alpha value is -2.61. The van der Waals surface area contributed by atoms with Crippen LogP contribution in [0.3, 0.4) is 0 Å². The lowest BCUT2D eigenvalue weighted by atomic mass is 10.2. The Labute approximate surface area is 177 Å². The van der Waals surface area contributed by atoms with Gasteiger partial charge in [-0.05, 0) is 55.7 Å². The SMILES string of the molecule is CCOc1ccc(Oc2cc(CNC(=O)CCS(=O)(=O)C3CCCC3)ccn2)cc1. The largest absolute Gasteiger partial charge is 0.494 e. The van der Waals surface area contributed by atoms with Crippen LogP contribution >= 0.6 is 0 Å². The zero-order valence-electron chi connectivity index (χ0n) is 17.2. The molecule has 30 heavy (non-hydrogen) atoms. The minimum absolute atomic E-state index is 0.0144. The van der Waals surface area contributed by atoms with Crippen molar-refractivity contribution in [3.05, 3.63) is 48.2 Å². The van der Waals surface area contributed by atoms with E-state index in [-0.39, 0.29) is 29.9 Å². The number of carbonyl (C=O) groups is 1. The molecule has 3 rings (SSSR count). The van der Waals surface area contributed by atoms with Crippen LogP contribution in [0.2, 0.25) is 0 Å². The van der Waals surface area contributed by atoms with Gasteiger partial charge >= 0.3 is 0 Å². The maximum atomic E-state index is 12.3. The van der Waals surface area contributed by atoms with Gasteiger partial charge in [0.1, 0.15) is 11.5 Å². The van der Waals surface area contributed by atoms with Crippen molar-refractivity contribution in [3.8, 4) is 17.4 Å². The van der Waals surface area contributed by atoms with E-state index in [4.69, 9.17) is 9.47 Å². The van der Waals surface area contributed by atoms with Gasteiger partial charge in [-0.15, -0.1) is 0 Å². The summed E-state index contributed by atoms with van der Waals surface area (Å²) in [6.45, 7) is 2.81. The quantitative estimate of drug-likeness (QED) is 0.616. The van der Waals surface area contributed by atoms with E-state index >= 15 is 0 Å². The number of sulfone groups is 1. The molecule has 0 aliphatic heterocycles. The zero-order chi connectivity index (χ0) is 21.4. The highest BCUT2D eigenvalue weighted by Crippen LogP contribution is 2.25. The predicted molar refractivity (Wildman–Crippen MR) is 114 cm³/mol. The average molecular weight is 433 g/mol. The predicted octanol–water partition coefficient (Wildman–Crippen LogP) is 3.64. The number of nitrogens with one attached hydrogen (secondary N) is 1. The third-order valence-electron chi connectivity index (χ3n) is 5.07. The van der Waals surface area contributed by atoms with E-state index in [1.807, 2.05) is 19.1 Å². The van der Waals surface area contributed by atoms with E-state index in [2.05, 4.69) is 10.3 Å². The summed E-state index contributed by atoms with van der Waals surface area (Å²) < 4.78 is 35.7. The first-order valence-corrected chi connectivity index (χ1v) is 12.0. The first kappa shape index (κ1) is 22.1. The molecule has 162 valence electrons. The lowest BCUT2D eigenvalue weighted by molar-refractivity contribution is -0.120. The summed E-state index contributed by atoms with van der Waals surface area (Å²) in [5, 5.41) is 2.50. The highest BCUT2D eigenvalue weighted by Gasteiger charge is 2.28. The Morgan fingerprint density at radius 1 is 1.13 bits per heavy atom. The van der Waals surface area contributed by atoms with Gasteiger partial charge in [-0.2, -0.15) is 0 Å². The number of pyridine rings is 1. The normalized spacial score (nSPS) is 14.4. The number of ether oxygens (including phenoxy) is 2. The van der Waals surface area contributed by atoms with Gasteiger partial charge in [-0.25, -0.2) is 13.4 Å². The number of rotatable bonds is 10. The molecule has 1 aromatic carbocycles. The molecule has 0 unspecified atom stereocenters. The van der Waals surface area contributed by atoms with Crippen LogP contribution in [0.15, 0.2) is 42.6 Å². The van der Waals surface area contributed by atoms with Crippen molar-refractivity contribution in [2.45, 2.75) is 50.8 Å². The second-order valence-corrected chi connectivity index (χ2v) is 9.71. The fraction of sp³-hybridized carbons (Fsp3) is 0.455. The lowest BCUT2D eigenvalue weighted by Crippen LogP contribution is -2.28. The summed E-state index contributed by atoms with van der Waals surface area (Å²) >= 11 is 0. The molecular formula is C22H28N2O5S. The topological polar surface area (TPSA) is 94.6 Å². The van der Waals surface area contributed by atoms with E-state index in [9.17, 15) is 13.2 Å². The van der Waals surface area contributed by atoms with Gasteiger partial charge in [0, 0.05) is 25.2 Å². The van der Waals surface area contributed by atoms with Gasteiger partial charge in [-0.3, -0.25) is 4.79 Å². The van der Waals surface area contributed by atoms with Gasteiger partial charge in [-0.1, -0.05) is 12.8 Å². The maximum absolute atomic E-state index is 12.3. The molecule has 1 fully saturated rings. The summed E-state index contributed by atoms with van der Waals surface area (Å²) in [5.74, 6) is 1.44. The number of aromatic nitrogens is 1. The molecular weight excluding hydrogens is 404 g/mol. The molecule has 8 heteroatoms. The van der Waals surface area contributed by atoms with Crippen molar-refractivity contribution in [1.29, 1.82) is 0 Å². The van der Waals surface area contributed by atoms with E-state index in [0.29, 0.717) is 18.2 Å². The number of nitrogens with zero attached hydrogens (tertiary/aromatic N) is 1. The molecule has 0 saturated heterocycles. The summed E-state index contributed by atoms with van der Waals surface area (Å²) in [6.07, 6.45) is 4.95. The molecule has 1 N–H and O–H groups in total. The monoisotopic (exact) mass is 432 g/mol. The summed E-state index contributed by atoms with van der Waals surface area (Å²) in [6, 6.07) is 10.8. The van der Waals surface area contributed by atoms with Crippen LogP contribution in [0, 0.1) is 0 Å². The van der Waals surface area contributed by atoms with Crippen LogP contribution in [0.1, 0.15) is 44.6 Å². The van der Waals surface area contributed by atoms with Gasteiger partial charge in [0.05, 0.1) is 17.6 Å². The van der Waals surface area contributed by atoms with E-state index in [1.165, 1.54) is 0 Å². The smallest absolute Gasteiger partial charge is 0.221 e. The fourth-order valence-electron chi connectivity index (χ4n) is 3.45. The number of hydrogen-bond acceptors (Lipinski definition) is 6. The second-order valence-electron chi connectivity index (χ2n) is 7.31. The minimum atomic E-state index is -3.19. The van der Waals surface area contributed by atoms with Crippen molar-refractivity contribution >= 4 is 15.7 Å². The van der Waals surface area contributed by atoms with Crippen LogP contribution in [0.4, 0.5) is 0 Å². The molecule has 1 amide bonds. The second kappa shape index (κ2) is 10.4. The third-order valence-corrected chi connectivity index (χ3v) is 7.33. The molecule has 1 heterocycles. The standard InChI is InChI=1S/C22H28N2O5S/c1-2-28-18-7-9-19(10-8-18)29-22-15-17(11-13-23-22)16-24-21(25)12-14-30(26,27)20-5-3-4-6-20/h7-11,13,15,20H,2-6,12,14,16H2,1H3,(H,24,25). The van der Waals surface area contributed by atoms with Crippen LogP contribution in [0.5, 0.6) is 17.4 Å². The van der Waals surface area contributed by atoms with Gasteiger partial charge in [0.25, 0.3) is 0 Å². The van der Waals surface area contributed by atoms with Gasteiger partial charge in [0.15, 0.2) is 9.84 Å². The highest BCUT2D eigenvalue weighted by molar-refractivity contribution is 7.92. The summed E-state index contributed by atoms with van der Waals surface area (Å²) in [5.41, 5.74) is 0.818. The number of amides is 1. The Bertz CT molecular complexity index is 938. The Morgan fingerprint density at radius 3 is 2.53 bits per heavy atom. The van der Waals surface area contributed by atoms with Crippen LogP contribution in [-0.2, 0) is 21.2 Å². The van der Waals surface area contributed by atoms with E-state index in [0.717, 1.165) is 37.0 Å². The molecule has 2 aromatic rings. The number of carbonyl (C=O) groups excluding carboxylic acids is 1. The third kappa shape index (κ3) is 6.45. The number of hydrogen-bond donors (Lipinski definition) is 1. The van der Waals surface area contributed by atoms with Crippen molar-refractivity contribution in [2.24, 2.45) is 0 Å². The molecule has 7 nitrogen and oxygen atoms in total. The zero-order valence-corrected chi connectivity index (χ0v) is 18.0. The Kier molecular flexibility index (Phi) is 7.68. The van der Waals surface area contributed by atoms with E-state index < -0.39 is 9.84 Å². The van der Waals surface area contributed by atoms with Crippen molar-refractivity contribution in [1.82, 2.24) is 10.3 Å². The van der Waals surface area contributed by atoms with Gasteiger partial charge in [0.2, 0.25) is 11.8 Å². The van der Waals surface area contributed by atoms with Crippen LogP contribution in [0.25, 0.3) is 0 Å². The Balaban J connectivity index is 1.48. The van der Waals surface area contributed by atoms with Crippen LogP contribution in [-0.4, -0.2) is 36.9 Å². The van der Waals surface area contributed by atoms with E-state index in [1.54, 1.807) is 30.5 Å². The minimum Gasteiger partial charge on any atom is -0.494 e. The molecule has 1 aliphatic carbocycles. The summed E-state index contributed by atoms with van der Waals surface area (Å²) in [4.78, 5) is 16.3. The highest BCUT2D eigenvalue weighted by atomic mass is 32.2. The van der Waals surface area contributed by atoms with Crippen molar-refractivity contribution in [3.63, 3.8) is 0 Å². The lowest BCUT2D eigenvalue weighted by Gasteiger charge is -2.11. The van der Waals surface area contributed by atoms with Gasteiger partial charge < -0.3 is 14.8 Å². The summed E-state index contributed by atoms with van der Waals surface area (Å²) in [7, 11) is -3.19. The molecule has 1 saturated carbocycles. The first-order valence-electron chi connectivity index (χ1n) is 10.3. The average Bonchev–Trinajstić information content (AvgIpc) is 3.29. The van der Waals surface area contributed by atoms with Crippen molar-refractivity contribution < 1.29 is 22.7 Å². The first-order chi connectivity index (χ1) is 14.5. The van der Waals surface area contributed by atoms with Crippen LogP contribution < -0.4 is 14.8 Å². The maximum Gasteiger partial charge on any atom is 0.221 e. The number of benzene rings is 1.